The van der Waals surface area contributed by atoms with Gasteiger partial charge in [0.15, 0.2) is 11.5 Å². The highest BCUT2D eigenvalue weighted by Gasteiger charge is 2.24. The number of morpholine rings is 1. The van der Waals surface area contributed by atoms with Gasteiger partial charge >= 0.3 is 0 Å². The highest BCUT2D eigenvalue weighted by molar-refractivity contribution is 6.03. The van der Waals surface area contributed by atoms with Gasteiger partial charge in [-0.15, -0.1) is 0 Å². The predicted octanol–water partition coefficient (Wildman–Crippen LogP) is 2.91. The van der Waals surface area contributed by atoms with Gasteiger partial charge in [-0.05, 0) is 36.2 Å². The number of H-pyrrole nitrogens is 2. The van der Waals surface area contributed by atoms with E-state index in [1.165, 1.54) is 0 Å². The third-order valence-corrected chi connectivity index (χ3v) is 5.65. The Morgan fingerprint density at radius 2 is 2.10 bits per heavy atom. The van der Waals surface area contributed by atoms with Gasteiger partial charge in [0.05, 0.1) is 31.6 Å². The first-order valence-electron chi connectivity index (χ1n) is 9.95. The van der Waals surface area contributed by atoms with Crippen LogP contribution in [0.15, 0.2) is 49.1 Å². The van der Waals surface area contributed by atoms with Crippen molar-refractivity contribution in [1.29, 1.82) is 0 Å². The minimum Gasteiger partial charge on any atom is -0.377 e. The molecule has 9 nitrogen and oxygen atoms in total. The largest absolute Gasteiger partial charge is 0.377 e. The first kappa shape index (κ1) is 17.2. The molecule has 0 bridgehead atoms. The van der Waals surface area contributed by atoms with E-state index in [1.807, 2.05) is 30.7 Å². The lowest BCUT2D eigenvalue weighted by molar-refractivity contribution is 0.0986. The molecule has 1 fully saturated rings. The first-order chi connectivity index (χ1) is 14.8. The van der Waals surface area contributed by atoms with E-state index in [0.29, 0.717) is 13.2 Å². The summed E-state index contributed by atoms with van der Waals surface area (Å²) >= 11 is 0. The molecule has 30 heavy (non-hydrogen) atoms. The Bertz CT molecular complexity index is 1340. The second-order valence-corrected chi connectivity index (χ2v) is 7.48. The van der Waals surface area contributed by atoms with Gasteiger partial charge in [-0.2, -0.15) is 14.9 Å². The molecule has 6 heterocycles. The normalized spacial score (nSPS) is 17.2. The summed E-state index contributed by atoms with van der Waals surface area (Å²) in [5, 5.41) is 13.7. The van der Waals surface area contributed by atoms with Gasteiger partial charge in [0.1, 0.15) is 11.5 Å². The van der Waals surface area contributed by atoms with Crippen LogP contribution in [0.4, 0.5) is 5.82 Å². The number of rotatable bonds is 3. The number of nitrogens with zero attached hydrogens (tertiary/aromatic N) is 6. The van der Waals surface area contributed by atoms with E-state index in [-0.39, 0.29) is 6.04 Å². The Balaban J connectivity index is 1.64. The molecule has 2 N–H and O–H groups in total. The van der Waals surface area contributed by atoms with Crippen molar-refractivity contribution in [3.63, 3.8) is 0 Å². The van der Waals surface area contributed by atoms with Crippen molar-refractivity contribution in [2.75, 3.05) is 24.7 Å². The maximum atomic E-state index is 5.64. The maximum absolute atomic E-state index is 5.64. The fraction of sp³-hybridized carbons (Fsp3) is 0.238. The van der Waals surface area contributed by atoms with E-state index in [9.17, 15) is 0 Å². The van der Waals surface area contributed by atoms with Crippen LogP contribution in [-0.2, 0) is 4.74 Å². The molecule has 5 aromatic rings. The number of aromatic amines is 2. The van der Waals surface area contributed by atoms with Crippen molar-refractivity contribution in [2.24, 2.45) is 0 Å². The lowest BCUT2D eigenvalue weighted by atomic mass is 10.0. The SMILES string of the molecule is CC1COCCN1c1cc(-c2ccnc3[nH]ccc23)c2cnn(-c3ccn[nH]3)c2n1. The highest BCUT2D eigenvalue weighted by Crippen LogP contribution is 2.36. The summed E-state index contributed by atoms with van der Waals surface area (Å²) in [7, 11) is 0. The maximum Gasteiger partial charge on any atom is 0.167 e. The monoisotopic (exact) mass is 400 g/mol. The van der Waals surface area contributed by atoms with Crippen LogP contribution >= 0.6 is 0 Å². The third kappa shape index (κ3) is 2.59. The first-order valence-corrected chi connectivity index (χ1v) is 9.95. The van der Waals surface area contributed by atoms with E-state index >= 15 is 0 Å². The number of aromatic nitrogens is 7. The summed E-state index contributed by atoms with van der Waals surface area (Å²) in [6.45, 7) is 4.34. The summed E-state index contributed by atoms with van der Waals surface area (Å²) in [5.74, 6) is 1.69. The number of nitrogens with one attached hydrogen (secondary N) is 2. The van der Waals surface area contributed by atoms with Gasteiger partial charge in [-0.1, -0.05) is 0 Å². The number of ether oxygens (including phenoxy) is 1. The minimum absolute atomic E-state index is 0.241. The Morgan fingerprint density at radius 1 is 1.13 bits per heavy atom. The van der Waals surface area contributed by atoms with Crippen molar-refractivity contribution in [3.8, 4) is 16.9 Å². The summed E-state index contributed by atoms with van der Waals surface area (Å²) < 4.78 is 7.44. The van der Waals surface area contributed by atoms with Gasteiger partial charge in [-0.25, -0.2) is 9.97 Å². The van der Waals surface area contributed by atoms with Crippen LogP contribution < -0.4 is 4.90 Å². The van der Waals surface area contributed by atoms with Gasteiger partial charge in [0, 0.05) is 35.8 Å². The molecule has 0 amide bonds. The molecular weight excluding hydrogens is 380 g/mol. The Kier molecular flexibility index (Phi) is 3.81. The fourth-order valence-corrected chi connectivity index (χ4v) is 4.16. The van der Waals surface area contributed by atoms with E-state index < -0.39 is 0 Å². The van der Waals surface area contributed by atoms with Crippen LogP contribution in [0, 0.1) is 0 Å². The molecule has 1 saturated heterocycles. The summed E-state index contributed by atoms with van der Waals surface area (Å²) in [4.78, 5) is 15.0. The van der Waals surface area contributed by atoms with Crippen molar-refractivity contribution in [1.82, 2.24) is 34.9 Å². The van der Waals surface area contributed by atoms with E-state index in [2.05, 4.69) is 49.2 Å². The molecule has 1 aliphatic rings. The lowest BCUT2D eigenvalue weighted by Crippen LogP contribution is -2.44. The molecule has 0 spiro atoms. The van der Waals surface area contributed by atoms with Crippen molar-refractivity contribution in [2.45, 2.75) is 13.0 Å². The van der Waals surface area contributed by atoms with Crippen molar-refractivity contribution >= 4 is 27.9 Å². The average Bonchev–Trinajstić information content (AvgIpc) is 3.52. The number of pyridine rings is 2. The fourth-order valence-electron chi connectivity index (χ4n) is 4.16. The highest BCUT2D eigenvalue weighted by atomic mass is 16.5. The predicted molar refractivity (Wildman–Crippen MR) is 114 cm³/mol. The van der Waals surface area contributed by atoms with Crippen LogP contribution in [0.25, 0.3) is 39.0 Å². The van der Waals surface area contributed by atoms with Gasteiger partial charge < -0.3 is 14.6 Å². The molecule has 150 valence electrons. The Morgan fingerprint density at radius 3 is 2.97 bits per heavy atom. The third-order valence-electron chi connectivity index (χ3n) is 5.65. The summed E-state index contributed by atoms with van der Waals surface area (Å²) in [6, 6.07) is 8.38. The van der Waals surface area contributed by atoms with Crippen LogP contribution in [0.3, 0.4) is 0 Å². The van der Waals surface area contributed by atoms with Crippen LogP contribution in [0.5, 0.6) is 0 Å². The summed E-state index contributed by atoms with van der Waals surface area (Å²) in [6.07, 6.45) is 7.32. The number of hydrogen-bond acceptors (Lipinski definition) is 6. The molecule has 1 atom stereocenters. The molecular formula is C21H20N8O. The van der Waals surface area contributed by atoms with Gasteiger partial charge in [0.25, 0.3) is 0 Å². The zero-order valence-electron chi connectivity index (χ0n) is 16.4. The standard InChI is InChI=1S/C21H20N8O/c1-13-12-30-9-8-28(13)19-10-16(14-2-5-22-20-15(14)3-6-23-20)17-11-25-29(21(17)26-19)18-4-7-24-27-18/h2-7,10-11,13H,8-9,12H2,1H3,(H,22,23)(H,24,27). The zero-order chi connectivity index (χ0) is 20.1. The quantitative estimate of drug-likeness (QED) is 0.483. The van der Waals surface area contributed by atoms with Crippen LogP contribution in [0.1, 0.15) is 6.92 Å². The van der Waals surface area contributed by atoms with Crippen molar-refractivity contribution in [3.05, 3.63) is 49.1 Å². The van der Waals surface area contributed by atoms with Crippen molar-refractivity contribution < 1.29 is 4.74 Å². The summed E-state index contributed by atoms with van der Waals surface area (Å²) in [5.41, 5.74) is 3.82. The molecule has 9 heteroatoms. The topological polar surface area (TPSA) is 101 Å². The molecule has 0 aliphatic carbocycles. The number of hydrogen-bond donors (Lipinski definition) is 2. The molecule has 5 aromatic heterocycles. The lowest BCUT2D eigenvalue weighted by Gasteiger charge is -2.34. The molecule has 6 rings (SSSR count). The number of anilines is 1. The van der Waals surface area contributed by atoms with E-state index in [1.54, 1.807) is 10.9 Å². The Labute approximate surface area is 171 Å². The van der Waals surface area contributed by atoms with E-state index in [0.717, 1.165) is 51.4 Å². The smallest absolute Gasteiger partial charge is 0.167 e. The second-order valence-electron chi connectivity index (χ2n) is 7.48. The molecule has 1 aliphatic heterocycles. The Hall–Kier alpha value is -3.72. The molecule has 1 unspecified atom stereocenters. The van der Waals surface area contributed by atoms with Gasteiger partial charge in [0.2, 0.25) is 0 Å². The zero-order valence-corrected chi connectivity index (χ0v) is 16.4. The van der Waals surface area contributed by atoms with Gasteiger partial charge in [-0.3, -0.25) is 5.10 Å². The molecule has 0 radical (unpaired) electrons. The van der Waals surface area contributed by atoms with Crippen LogP contribution in [-0.4, -0.2) is 60.7 Å². The number of fused-ring (bicyclic) bond motifs is 2. The minimum atomic E-state index is 0.241. The second kappa shape index (κ2) is 6.67. The average molecular weight is 400 g/mol. The van der Waals surface area contributed by atoms with Crippen LogP contribution in [0.2, 0.25) is 0 Å². The van der Waals surface area contributed by atoms with E-state index in [4.69, 9.17) is 9.72 Å². The molecule has 0 aromatic carbocycles. The molecule has 0 saturated carbocycles.